The molecule has 4 atom stereocenters. The number of esters is 6. The third kappa shape index (κ3) is 16.6. The van der Waals surface area contributed by atoms with E-state index in [4.69, 9.17) is 67.9 Å². The third-order valence-electron chi connectivity index (χ3n) is 12.2. The van der Waals surface area contributed by atoms with Crippen molar-refractivity contribution in [2.24, 2.45) is 30.7 Å². The molecule has 0 amide bonds. The Balaban J connectivity index is 1.70. The minimum atomic E-state index is -2.56. The molecule has 0 aromatic heterocycles. The summed E-state index contributed by atoms with van der Waals surface area (Å²) in [5.41, 5.74) is 52.2. The number of carbonyl (C=O) groups is 6. The number of rotatable bonds is 29. The summed E-state index contributed by atoms with van der Waals surface area (Å²) in [6.45, 7) is -2.53. The lowest BCUT2D eigenvalue weighted by Crippen LogP contribution is -2.54. The van der Waals surface area contributed by atoms with Crippen LogP contribution in [0.3, 0.4) is 0 Å². The van der Waals surface area contributed by atoms with E-state index in [0.717, 1.165) is 128 Å². The van der Waals surface area contributed by atoms with Gasteiger partial charge in [-0.2, -0.15) is 0 Å². The standard InChI is InChI=1S/C54H44N18O18/c1-79-39-19-27(61-67-55)7-13-33(39)49(73)85-25-45(87-51(75)35-15-9-29(63-69-57)21-41(35)81-3)47(89-53(77)37-17-11-31(65-71-59)23-43(37)83-5)48(90-54(78)38-18-12-32(66-72-60)24-44(38)84-6)46(88-52(76)36-16-10-30(64-70-58)22-42(36)82-4)26-86-50(74)34-14-8-28(62-68-56)20-40(34)80-2/h7-24,45-48H,25-26H2,1-6H3. The van der Waals surface area contributed by atoms with Crippen molar-refractivity contribution in [3.8, 4) is 34.5 Å². The predicted molar refractivity (Wildman–Crippen MR) is 308 cm³/mol. The second-order valence-electron chi connectivity index (χ2n) is 17.3. The molecule has 0 aliphatic carbocycles. The number of hydrogen-bond donors (Lipinski definition) is 0. The molecule has 6 aromatic carbocycles. The Hall–Kier alpha value is -13.2. The van der Waals surface area contributed by atoms with Gasteiger partial charge in [0.2, 0.25) is 0 Å². The minimum absolute atomic E-state index is 0.0177. The first-order valence-electron chi connectivity index (χ1n) is 25.1. The van der Waals surface area contributed by atoms with E-state index < -0.39 is 95.7 Å². The number of carbonyl (C=O) groups excluding carboxylic acids is 6. The Labute approximate surface area is 504 Å². The minimum Gasteiger partial charge on any atom is -0.496 e. The lowest BCUT2D eigenvalue weighted by atomic mass is 10.0. The number of methoxy groups -OCH3 is 6. The van der Waals surface area contributed by atoms with Crippen LogP contribution in [-0.4, -0.2) is 116 Å². The number of ether oxygens (including phenoxy) is 12. The number of azide groups is 6. The van der Waals surface area contributed by atoms with Gasteiger partial charge in [0.05, 0.1) is 42.7 Å². The fourth-order valence-electron chi connectivity index (χ4n) is 8.12. The highest BCUT2D eigenvalue weighted by Crippen LogP contribution is 2.35. The van der Waals surface area contributed by atoms with Crippen LogP contribution >= 0.6 is 0 Å². The van der Waals surface area contributed by atoms with Gasteiger partial charge in [-0.15, -0.1) is 0 Å². The summed E-state index contributed by atoms with van der Waals surface area (Å²) in [6, 6.07) is 20.4. The smallest absolute Gasteiger partial charge is 0.342 e. The zero-order chi connectivity index (χ0) is 65.3. The SMILES string of the molecule is COc1cc(N=[N+]=[N-])ccc1C(=O)OCC(OC(=O)c1ccc(N=[N+]=[N-])cc1OC)C(OC(=O)c1ccc(N=[N+]=[N-])cc1OC)C(OC(=O)c1ccc(N=[N+]=[N-])cc1OC)C(COC(=O)c1ccc(N=[N+]=[N-])cc1OC)OC(=O)c1ccc(N=[N+]=[N-])cc1OC. The van der Waals surface area contributed by atoms with Gasteiger partial charge in [-0.3, -0.25) is 0 Å². The average molecular weight is 1230 g/mol. The molecule has 0 spiro atoms. The van der Waals surface area contributed by atoms with Gasteiger partial charge in [0, 0.05) is 63.6 Å². The summed E-state index contributed by atoms with van der Waals surface area (Å²) in [7, 11) is 6.80. The molecule has 4 unspecified atom stereocenters. The summed E-state index contributed by atoms with van der Waals surface area (Å²) in [5.74, 6) is -10.0. The van der Waals surface area contributed by atoms with E-state index >= 15 is 9.59 Å². The Kier molecular flexibility index (Phi) is 23.6. The van der Waals surface area contributed by atoms with E-state index in [1.165, 1.54) is 24.3 Å². The molecule has 0 aliphatic heterocycles. The van der Waals surface area contributed by atoms with Crippen LogP contribution in [0.4, 0.5) is 34.1 Å². The Morgan fingerprint density at radius 1 is 0.311 bits per heavy atom. The molecule has 0 saturated carbocycles. The maximum absolute atomic E-state index is 15.1. The zero-order valence-corrected chi connectivity index (χ0v) is 47.5. The van der Waals surface area contributed by atoms with Crippen LogP contribution in [-0.2, 0) is 28.4 Å². The van der Waals surface area contributed by atoms with Gasteiger partial charge < -0.3 is 56.8 Å². The van der Waals surface area contributed by atoms with Crippen molar-refractivity contribution in [2.75, 3.05) is 55.9 Å². The van der Waals surface area contributed by atoms with Gasteiger partial charge in [-0.25, -0.2) is 28.8 Å². The summed E-state index contributed by atoms with van der Waals surface area (Å²) < 4.78 is 69.0. The van der Waals surface area contributed by atoms with Gasteiger partial charge in [-0.1, -0.05) is 67.1 Å². The summed E-state index contributed by atoms with van der Waals surface area (Å²) in [6.07, 6.45) is -9.86. The van der Waals surface area contributed by atoms with E-state index in [9.17, 15) is 41.3 Å². The highest BCUT2D eigenvalue weighted by molar-refractivity contribution is 5.97. The molecule has 36 heteroatoms. The van der Waals surface area contributed by atoms with Crippen LogP contribution in [0.1, 0.15) is 62.1 Å². The third-order valence-corrected chi connectivity index (χ3v) is 12.2. The topological polar surface area (TPSA) is 506 Å². The molecular formula is C54H44N18O18. The Morgan fingerprint density at radius 3 is 0.689 bits per heavy atom. The highest BCUT2D eigenvalue weighted by Gasteiger charge is 2.47. The maximum atomic E-state index is 15.1. The number of benzene rings is 6. The van der Waals surface area contributed by atoms with Crippen molar-refractivity contribution in [3.05, 3.63) is 205 Å². The molecule has 6 rings (SSSR count). The van der Waals surface area contributed by atoms with Crippen molar-refractivity contribution in [3.63, 3.8) is 0 Å². The molecule has 36 nitrogen and oxygen atoms in total. The van der Waals surface area contributed by atoms with Crippen molar-refractivity contribution < 1.29 is 85.6 Å². The maximum Gasteiger partial charge on any atom is 0.342 e. The monoisotopic (exact) mass is 1230 g/mol. The van der Waals surface area contributed by atoms with E-state index in [2.05, 4.69) is 60.2 Å². The second-order valence-corrected chi connectivity index (χ2v) is 17.3. The molecule has 0 bridgehead atoms. The van der Waals surface area contributed by atoms with Crippen LogP contribution in [0.2, 0.25) is 0 Å². The normalized spacial score (nSPS) is 11.4. The number of hydrogen-bond acceptors (Lipinski definition) is 24. The van der Waals surface area contributed by atoms with Crippen molar-refractivity contribution in [1.82, 2.24) is 0 Å². The Morgan fingerprint density at radius 2 is 0.500 bits per heavy atom. The van der Waals surface area contributed by atoms with Crippen molar-refractivity contribution >= 4 is 69.9 Å². The number of nitrogens with zero attached hydrogens (tertiary/aromatic N) is 18. The molecule has 0 aliphatic rings. The molecule has 0 saturated heterocycles. The second kappa shape index (κ2) is 32.2. The molecule has 0 radical (unpaired) electrons. The lowest BCUT2D eigenvalue weighted by Gasteiger charge is -2.36. The quantitative estimate of drug-likeness (QED) is 0.0138. The lowest BCUT2D eigenvalue weighted by molar-refractivity contribution is -0.138. The van der Waals surface area contributed by atoms with Gasteiger partial charge >= 0.3 is 35.8 Å². The summed E-state index contributed by atoms with van der Waals surface area (Å²) in [4.78, 5) is 105. The first-order chi connectivity index (χ1) is 43.5. The van der Waals surface area contributed by atoms with E-state index in [1.807, 2.05) is 0 Å². The van der Waals surface area contributed by atoms with Crippen LogP contribution in [0.5, 0.6) is 34.5 Å². The van der Waals surface area contributed by atoms with Crippen LogP contribution in [0.25, 0.3) is 62.7 Å². The molecule has 458 valence electrons. The molecular weight excluding hydrogens is 1190 g/mol. The van der Waals surface area contributed by atoms with Crippen LogP contribution in [0.15, 0.2) is 140 Å². The predicted octanol–water partition coefficient (Wildman–Crippen LogP) is 13.3. The van der Waals surface area contributed by atoms with Gasteiger partial charge in [-0.05, 0) is 106 Å². The Bertz CT molecular complexity index is 3820. The van der Waals surface area contributed by atoms with Gasteiger partial charge in [0.25, 0.3) is 0 Å². The van der Waals surface area contributed by atoms with Crippen LogP contribution in [0, 0.1) is 0 Å². The molecule has 90 heavy (non-hydrogen) atoms. The van der Waals surface area contributed by atoms with E-state index in [0.29, 0.717) is 0 Å². The van der Waals surface area contributed by atoms with Crippen molar-refractivity contribution in [1.29, 1.82) is 0 Å². The molecule has 0 fully saturated rings. The van der Waals surface area contributed by atoms with Gasteiger partial charge in [0.15, 0.2) is 24.4 Å². The highest BCUT2D eigenvalue weighted by atomic mass is 16.7. The summed E-state index contributed by atoms with van der Waals surface area (Å²) >= 11 is 0. The molecule has 0 heterocycles. The summed E-state index contributed by atoms with van der Waals surface area (Å²) in [5, 5.41) is 21.1. The zero-order valence-electron chi connectivity index (χ0n) is 47.5. The van der Waals surface area contributed by atoms with E-state index in [-0.39, 0.29) is 79.7 Å². The van der Waals surface area contributed by atoms with Crippen LogP contribution < -0.4 is 28.4 Å². The largest absolute Gasteiger partial charge is 0.496 e. The van der Waals surface area contributed by atoms with E-state index in [1.54, 1.807) is 0 Å². The average Bonchev–Trinajstić information content (AvgIpc) is 1.07. The first-order valence-corrected chi connectivity index (χ1v) is 25.1. The molecule has 6 aromatic rings. The van der Waals surface area contributed by atoms with Crippen molar-refractivity contribution in [2.45, 2.75) is 24.4 Å². The fraction of sp³-hybridized carbons (Fsp3) is 0.222. The fourth-order valence-corrected chi connectivity index (χ4v) is 8.12. The molecule has 0 N–H and O–H groups in total. The van der Waals surface area contributed by atoms with Gasteiger partial charge in [0.1, 0.15) is 81.1 Å². The first kappa shape index (κ1) is 65.9.